The molecule has 5 heteroatoms. The molecule has 1 aromatic carbocycles. The average molecular weight is 280 g/mol. The number of carbonyl (C=O) groups excluding carboxylic acids is 1. The number of hydrogen-bond donors (Lipinski definition) is 3. The SMILES string of the molecule is CC(CO)C(C)NC(=O)NC1CCc2c(F)cccc21. The van der Waals surface area contributed by atoms with Crippen LogP contribution >= 0.6 is 0 Å². The first-order valence-electron chi connectivity index (χ1n) is 6.98. The maximum atomic E-state index is 13.6. The van der Waals surface area contributed by atoms with Gasteiger partial charge in [0.1, 0.15) is 5.82 Å². The normalized spacial score (nSPS) is 20.1. The molecule has 2 amide bonds. The van der Waals surface area contributed by atoms with E-state index in [1.54, 1.807) is 6.07 Å². The fraction of sp³-hybridized carbons (Fsp3) is 0.533. The minimum atomic E-state index is -0.278. The second-order valence-corrected chi connectivity index (χ2v) is 5.47. The molecule has 0 heterocycles. The van der Waals surface area contributed by atoms with Crippen molar-refractivity contribution >= 4 is 6.03 Å². The number of halogens is 1. The Morgan fingerprint density at radius 3 is 2.95 bits per heavy atom. The lowest BCUT2D eigenvalue weighted by Crippen LogP contribution is -2.45. The van der Waals surface area contributed by atoms with Crippen LogP contribution in [-0.2, 0) is 6.42 Å². The highest BCUT2D eigenvalue weighted by molar-refractivity contribution is 5.75. The van der Waals surface area contributed by atoms with E-state index in [2.05, 4.69) is 10.6 Å². The topological polar surface area (TPSA) is 61.4 Å². The molecule has 0 bridgehead atoms. The zero-order chi connectivity index (χ0) is 14.7. The predicted molar refractivity (Wildman–Crippen MR) is 74.8 cm³/mol. The molecule has 0 radical (unpaired) electrons. The molecule has 20 heavy (non-hydrogen) atoms. The molecule has 0 fully saturated rings. The van der Waals surface area contributed by atoms with Gasteiger partial charge >= 0.3 is 6.03 Å². The maximum absolute atomic E-state index is 13.6. The quantitative estimate of drug-likeness (QED) is 0.791. The third-order valence-electron chi connectivity index (χ3n) is 4.02. The third kappa shape index (κ3) is 3.10. The Morgan fingerprint density at radius 2 is 2.25 bits per heavy atom. The summed E-state index contributed by atoms with van der Waals surface area (Å²) in [5.74, 6) is -0.205. The smallest absolute Gasteiger partial charge is 0.315 e. The van der Waals surface area contributed by atoms with Crippen LogP contribution in [0.2, 0.25) is 0 Å². The Hall–Kier alpha value is -1.62. The maximum Gasteiger partial charge on any atom is 0.315 e. The number of nitrogens with one attached hydrogen (secondary N) is 2. The van der Waals surface area contributed by atoms with Crippen molar-refractivity contribution in [3.63, 3.8) is 0 Å². The molecule has 110 valence electrons. The van der Waals surface area contributed by atoms with Gasteiger partial charge in [0.25, 0.3) is 0 Å². The highest BCUT2D eigenvalue weighted by Crippen LogP contribution is 2.32. The first kappa shape index (κ1) is 14.8. The number of carbonyl (C=O) groups is 1. The average Bonchev–Trinajstić information content (AvgIpc) is 2.82. The standard InChI is InChI=1S/C15H21FN2O2/c1-9(8-19)10(2)17-15(20)18-14-7-6-11-12(14)4-3-5-13(11)16/h3-5,9-10,14,19H,6-8H2,1-2H3,(H2,17,18,20). The summed E-state index contributed by atoms with van der Waals surface area (Å²) in [6, 6.07) is 4.44. The van der Waals surface area contributed by atoms with E-state index in [0.717, 1.165) is 5.56 Å². The Morgan fingerprint density at radius 1 is 1.50 bits per heavy atom. The second kappa shape index (κ2) is 6.22. The van der Waals surface area contributed by atoms with Gasteiger partial charge in [-0.05, 0) is 42.9 Å². The predicted octanol–water partition coefficient (Wildman–Crippen LogP) is 2.13. The van der Waals surface area contributed by atoms with Gasteiger partial charge in [-0.1, -0.05) is 19.1 Å². The summed E-state index contributed by atoms with van der Waals surface area (Å²) in [6.07, 6.45) is 1.36. The Labute approximate surface area is 118 Å². The van der Waals surface area contributed by atoms with Gasteiger partial charge < -0.3 is 15.7 Å². The summed E-state index contributed by atoms with van der Waals surface area (Å²) >= 11 is 0. The fourth-order valence-electron chi connectivity index (χ4n) is 2.47. The van der Waals surface area contributed by atoms with Gasteiger partial charge in [0.2, 0.25) is 0 Å². The first-order chi connectivity index (χ1) is 9.52. The summed E-state index contributed by atoms with van der Waals surface area (Å²) in [4.78, 5) is 11.9. The summed E-state index contributed by atoms with van der Waals surface area (Å²) < 4.78 is 13.6. The van der Waals surface area contributed by atoms with Crippen LogP contribution in [0.25, 0.3) is 0 Å². The number of aliphatic hydroxyl groups is 1. The van der Waals surface area contributed by atoms with Gasteiger partial charge in [-0.2, -0.15) is 0 Å². The molecule has 0 aliphatic heterocycles. The van der Waals surface area contributed by atoms with Crippen molar-refractivity contribution in [1.29, 1.82) is 0 Å². The van der Waals surface area contributed by atoms with Crippen LogP contribution < -0.4 is 10.6 Å². The van der Waals surface area contributed by atoms with Crippen LogP contribution in [0.15, 0.2) is 18.2 Å². The van der Waals surface area contributed by atoms with Gasteiger partial charge in [-0.25, -0.2) is 9.18 Å². The fourth-order valence-corrected chi connectivity index (χ4v) is 2.47. The molecule has 1 aliphatic carbocycles. The molecular weight excluding hydrogens is 259 g/mol. The molecule has 0 spiro atoms. The van der Waals surface area contributed by atoms with Crippen molar-refractivity contribution in [2.75, 3.05) is 6.61 Å². The summed E-state index contributed by atoms with van der Waals surface area (Å²) in [5.41, 5.74) is 1.57. The molecule has 1 aliphatic rings. The summed E-state index contributed by atoms with van der Waals surface area (Å²) in [5, 5.41) is 14.7. The van der Waals surface area contributed by atoms with Crippen LogP contribution in [0.5, 0.6) is 0 Å². The zero-order valence-corrected chi connectivity index (χ0v) is 11.8. The van der Waals surface area contributed by atoms with E-state index < -0.39 is 0 Å². The number of hydrogen-bond acceptors (Lipinski definition) is 2. The number of amides is 2. The van der Waals surface area contributed by atoms with Crippen molar-refractivity contribution < 1.29 is 14.3 Å². The number of fused-ring (bicyclic) bond motifs is 1. The monoisotopic (exact) mass is 280 g/mol. The molecule has 2 rings (SSSR count). The molecule has 3 atom stereocenters. The Balaban J connectivity index is 1.96. The van der Waals surface area contributed by atoms with Crippen molar-refractivity contribution in [3.05, 3.63) is 35.1 Å². The van der Waals surface area contributed by atoms with Gasteiger partial charge in [0, 0.05) is 12.6 Å². The minimum Gasteiger partial charge on any atom is -0.396 e. The molecule has 0 saturated carbocycles. The van der Waals surface area contributed by atoms with Crippen LogP contribution in [0.4, 0.5) is 9.18 Å². The van der Waals surface area contributed by atoms with Crippen LogP contribution in [0.1, 0.15) is 37.4 Å². The molecular formula is C15H21FN2O2. The van der Waals surface area contributed by atoms with Crippen molar-refractivity contribution in [1.82, 2.24) is 10.6 Å². The lowest BCUT2D eigenvalue weighted by atomic mass is 10.1. The van der Waals surface area contributed by atoms with E-state index in [1.807, 2.05) is 19.9 Å². The lowest BCUT2D eigenvalue weighted by molar-refractivity contribution is 0.199. The number of urea groups is 1. The minimum absolute atomic E-state index is 0.00550. The van der Waals surface area contributed by atoms with Crippen LogP contribution in [0.3, 0.4) is 0 Å². The van der Waals surface area contributed by atoms with Gasteiger partial charge in [0.05, 0.1) is 6.04 Å². The van der Waals surface area contributed by atoms with Crippen LogP contribution in [0, 0.1) is 11.7 Å². The van der Waals surface area contributed by atoms with E-state index in [-0.39, 0.29) is 36.5 Å². The van der Waals surface area contributed by atoms with Crippen molar-refractivity contribution in [3.8, 4) is 0 Å². The molecule has 3 unspecified atom stereocenters. The highest BCUT2D eigenvalue weighted by Gasteiger charge is 2.26. The van der Waals surface area contributed by atoms with Crippen molar-refractivity contribution in [2.24, 2.45) is 5.92 Å². The molecule has 1 aromatic rings. The van der Waals surface area contributed by atoms with E-state index in [0.29, 0.717) is 18.4 Å². The van der Waals surface area contributed by atoms with E-state index >= 15 is 0 Å². The van der Waals surface area contributed by atoms with Gasteiger partial charge in [-0.3, -0.25) is 0 Å². The first-order valence-corrected chi connectivity index (χ1v) is 6.98. The second-order valence-electron chi connectivity index (χ2n) is 5.47. The number of rotatable bonds is 4. The number of benzene rings is 1. The lowest BCUT2D eigenvalue weighted by Gasteiger charge is -2.21. The molecule has 3 N–H and O–H groups in total. The summed E-state index contributed by atoms with van der Waals surface area (Å²) in [7, 11) is 0. The largest absolute Gasteiger partial charge is 0.396 e. The molecule has 0 saturated heterocycles. The van der Waals surface area contributed by atoms with Crippen molar-refractivity contribution in [2.45, 2.75) is 38.8 Å². The summed E-state index contributed by atoms with van der Waals surface area (Å²) in [6.45, 7) is 3.74. The number of aliphatic hydroxyl groups excluding tert-OH is 1. The Bertz CT molecular complexity index is 493. The molecule has 4 nitrogen and oxygen atoms in total. The highest BCUT2D eigenvalue weighted by atomic mass is 19.1. The van der Waals surface area contributed by atoms with E-state index in [9.17, 15) is 9.18 Å². The zero-order valence-electron chi connectivity index (χ0n) is 11.8. The van der Waals surface area contributed by atoms with E-state index in [1.165, 1.54) is 6.07 Å². The van der Waals surface area contributed by atoms with Gasteiger partial charge in [-0.15, -0.1) is 0 Å². The van der Waals surface area contributed by atoms with E-state index in [4.69, 9.17) is 5.11 Å². The molecule has 0 aromatic heterocycles. The Kier molecular flexibility index (Phi) is 4.60. The van der Waals surface area contributed by atoms with Crippen LogP contribution in [-0.4, -0.2) is 23.8 Å². The third-order valence-corrected chi connectivity index (χ3v) is 4.02. The van der Waals surface area contributed by atoms with Gasteiger partial charge in [0.15, 0.2) is 0 Å².